The molecule has 6 rings (SSSR count). The second-order valence-corrected chi connectivity index (χ2v) is 17.9. The maximum absolute atomic E-state index is 14.6. The number of hydrogen-bond acceptors (Lipinski definition) is 4. The number of carbonyl (C=O) groups excluding carboxylic acids is 1. The van der Waals surface area contributed by atoms with Crippen LogP contribution in [-0.2, 0) is 10.7 Å². The Morgan fingerprint density at radius 1 is 0.711 bits per heavy atom. The molecule has 5 nitrogen and oxygen atoms in total. The van der Waals surface area contributed by atoms with Crippen molar-refractivity contribution in [3.05, 3.63) is 59.7 Å². The molecule has 204 valence electrons. The topological polar surface area (TPSA) is 67.9 Å². The minimum absolute atomic E-state index is 0.139. The fourth-order valence-electron chi connectivity index (χ4n) is 8.80. The zero-order valence-electron chi connectivity index (χ0n) is 22.8. The van der Waals surface area contributed by atoms with Crippen LogP contribution in [0.25, 0.3) is 11.0 Å². The van der Waals surface area contributed by atoms with Crippen molar-refractivity contribution >= 4 is 23.8 Å². The molecule has 0 amide bonds. The van der Waals surface area contributed by atoms with Gasteiger partial charge < -0.3 is 0 Å². The van der Waals surface area contributed by atoms with Gasteiger partial charge in [0.25, 0.3) is 0 Å². The van der Waals surface area contributed by atoms with Crippen LogP contribution in [0.15, 0.2) is 48.5 Å². The molecule has 6 heteroatoms. The fourth-order valence-corrected chi connectivity index (χ4v) is 18.0. The maximum atomic E-state index is 14.6. The van der Waals surface area contributed by atoms with E-state index in [1.165, 1.54) is 102 Å². The Hall–Kier alpha value is -2.26. The van der Waals surface area contributed by atoms with E-state index in [0.717, 1.165) is 11.7 Å². The summed E-state index contributed by atoms with van der Waals surface area (Å²) in [6.45, 7) is -3.14. The van der Waals surface area contributed by atoms with Crippen molar-refractivity contribution in [3.63, 3.8) is 0 Å². The van der Waals surface area contributed by atoms with E-state index in [1.807, 2.05) is 18.2 Å². The molecule has 3 aromatic rings. The van der Waals surface area contributed by atoms with E-state index in [2.05, 4.69) is 45.7 Å². The van der Waals surface area contributed by atoms with E-state index in [4.69, 9.17) is 4.52 Å². The summed E-state index contributed by atoms with van der Waals surface area (Å²) in [6, 6.07) is 16.9. The van der Waals surface area contributed by atoms with Crippen molar-refractivity contribution in [3.8, 4) is 0 Å². The average molecular weight is 534 g/mol. The van der Waals surface area contributed by atoms with Crippen molar-refractivity contribution < 1.29 is 9.32 Å². The predicted molar refractivity (Wildman–Crippen MR) is 157 cm³/mol. The second kappa shape index (κ2) is 11.1. The van der Waals surface area contributed by atoms with Crippen molar-refractivity contribution in [2.75, 3.05) is 0 Å². The third kappa shape index (κ3) is 4.49. The Kier molecular flexibility index (Phi) is 7.58. The summed E-state index contributed by atoms with van der Waals surface area (Å²) in [7, 11) is 0. The van der Waals surface area contributed by atoms with Gasteiger partial charge in [-0.2, -0.15) is 0 Å². The van der Waals surface area contributed by atoms with Gasteiger partial charge in [-0.05, 0) is 0 Å². The van der Waals surface area contributed by atoms with Crippen LogP contribution in [0.3, 0.4) is 0 Å². The third-order valence-corrected chi connectivity index (χ3v) is 18.6. The zero-order chi connectivity index (χ0) is 25.9. The molecule has 0 bridgehead atoms. The Balaban J connectivity index is 1.57. The van der Waals surface area contributed by atoms with Crippen LogP contribution in [0.2, 0.25) is 0 Å². The summed E-state index contributed by atoms with van der Waals surface area (Å²) >= 11 is 0. The number of rotatable bonds is 7. The van der Waals surface area contributed by atoms with E-state index in [1.54, 1.807) is 0 Å². The van der Waals surface area contributed by atoms with Gasteiger partial charge in [-0.15, -0.1) is 0 Å². The molecule has 38 heavy (non-hydrogen) atoms. The molecule has 0 unspecified atom stereocenters. The predicted octanol–water partition coefficient (Wildman–Crippen LogP) is 8.78. The van der Waals surface area contributed by atoms with Crippen LogP contribution >= 0.6 is 6.83 Å². The first-order valence-corrected chi connectivity index (χ1v) is 17.8. The van der Waals surface area contributed by atoms with E-state index >= 15 is 0 Å². The monoisotopic (exact) mass is 533 g/mol. The molecule has 0 aliphatic heterocycles. The molecule has 3 fully saturated rings. The van der Waals surface area contributed by atoms with Gasteiger partial charge in [0.05, 0.1) is 0 Å². The van der Waals surface area contributed by atoms with Crippen molar-refractivity contribution in [2.45, 2.75) is 119 Å². The molecule has 3 aliphatic carbocycles. The number of hydrogen-bond donors (Lipinski definition) is 1. The number of nitrogens with one attached hydrogen (secondary N) is 1. The normalized spacial score (nSPS) is 21.6. The SMILES string of the molecule is O=C(OP(Cc1ccccc1)(C1CCCCC1)(C1CCCCC1)C1CCCCC1)c1cccc2n[nH]nc12. The quantitative estimate of drug-likeness (QED) is 0.308. The Labute approximate surface area is 227 Å². The molecule has 2 aromatic carbocycles. The summed E-state index contributed by atoms with van der Waals surface area (Å²) in [5, 5.41) is 11.4. The van der Waals surface area contributed by atoms with Crippen LogP contribution in [-0.4, -0.2) is 38.4 Å². The summed E-state index contributed by atoms with van der Waals surface area (Å²) in [5.41, 5.74) is 4.88. The first kappa shape index (κ1) is 26.0. The standard InChI is InChI=1S/C32H44N3O2P/c36-32(29-22-13-23-30-31(29)34-35-33-30)37-38(26-16-7-2-8-17-26,27-18-9-3-10-19-27,28-20-11-4-12-21-28)24-25-14-5-1-6-15-25/h1,5-6,13-15,22-23,26-28H,2-4,7-12,16-21,24H2,(H,33,34,35). The molecule has 3 saturated carbocycles. The molecule has 1 N–H and O–H groups in total. The van der Waals surface area contributed by atoms with Gasteiger partial charge in [0.1, 0.15) is 0 Å². The van der Waals surface area contributed by atoms with Crippen molar-refractivity contribution in [1.29, 1.82) is 0 Å². The molecular weight excluding hydrogens is 489 g/mol. The first-order chi connectivity index (χ1) is 18.7. The number of para-hydroxylation sites is 1. The molecule has 0 spiro atoms. The molecule has 1 aromatic heterocycles. The van der Waals surface area contributed by atoms with Gasteiger partial charge in [-0.25, -0.2) is 0 Å². The summed E-state index contributed by atoms with van der Waals surface area (Å²) in [4.78, 5) is 14.6. The Morgan fingerprint density at radius 3 is 1.82 bits per heavy atom. The zero-order valence-corrected chi connectivity index (χ0v) is 23.7. The molecule has 1 heterocycles. The van der Waals surface area contributed by atoms with Crippen LogP contribution in [0.5, 0.6) is 0 Å². The Morgan fingerprint density at radius 2 is 1.26 bits per heavy atom. The summed E-state index contributed by atoms with van der Waals surface area (Å²) < 4.78 is 7.62. The molecule has 3 aliphatic rings. The van der Waals surface area contributed by atoms with Gasteiger partial charge in [-0.3, -0.25) is 0 Å². The van der Waals surface area contributed by atoms with Gasteiger partial charge >= 0.3 is 228 Å². The van der Waals surface area contributed by atoms with Crippen molar-refractivity contribution in [1.82, 2.24) is 15.4 Å². The average Bonchev–Trinajstić information content (AvgIpc) is 3.48. The van der Waals surface area contributed by atoms with Crippen molar-refractivity contribution in [2.24, 2.45) is 0 Å². The number of carbonyl (C=O) groups is 1. The molecule has 0 atom stereocenters. The van der Waals surface area contributed by atoms with Crippen LogP contribution in [0, 0.1) is 0 Å². The van der Waals surface area contributed by atoms with E-state index < -0.39 is 6.83 Å². The molecule has 0 saturated heterocycles. The van der Waals surface area contributed by atoms with Crippen LogP contribution in [0.4, 0.5) is 0 Å². The second-order valence-electron chi connectivity index (χ2n) is 12.3. The van der Waals surface area contributed by atoms with Crippen LogP contribution < -0.4 is 0 Å². The van der Waals surface area contributed by atoms with Gasteiger partial charge in [0.2, 0.25) is 0 Å². The number of H-pyrrole nitrogens is 1. The minimum atomic E-state index is -3.14. The Bertz CT molecular complexity index is 1180. The van der Waals surface area contributed by atoms with Gasteiger partial charge in [0.15, 0.2) is 0 Å². The fraction of sp³-hybridized carbons (Fsp3) is 0.594. The van der Waals surface area contributed by atoms with Crippen LogP contribution in [0.1, 0.15) is 112 Å². The number of fused-ring (bicyclic) bond motifs is 1. The first-order valence-electron chi connectivity index (χ1n) is 15.3. The molecular formula is C32H44N3O2P. The summed E-state index contributed by atoms with van der Waals surface area (Å²) in [5.74, 6) is -0.139. The van der Waals surface area contributed by atoms with Gasteiger partial charge in [-0.1, -0.05) is 0 Å². The van der Waals surface area contributed by atoms with E-state index in [9.17, 15) is 4.79 Å². The number of nitrogens with zero attached hydrogens (tertiary/aromatic N) is 2. The summed E-state index contributed by atoms with van der Waals surface area (Å²) in [6.07, 6.45) is 19.9. The number of aromatic nitrogens is 3. The van der Waals surface area contributed by atoms with E-state index in [0.29, 0.717) is 28.1 Å². The van der Waals surface area contributed by atoms with Gasteiger partial charge in [0, 0.05) is 0 Å². The number of benzene rings is 2. The third-order valence-electron chi connectivity index (χ3n) is 10.4. The number of aromatic amines is 1. The molecule has 0 radical (unpaired) electrons. The van der Waals surface area contributed by atoms with E-state index in [-0.39, 0.29) is 5.97 Å².